The molecule has 3 heterocycles. The zero-order valence-corrected chi connectivity index (χ0v) is 40.3. The van der Waals surface area contributed by atoms with Gasteiger partial charge in [0.25, 0.3) is 0 Å². The molecule has 0 spiro atoms. The van der Waals surface area contributed by atoms with Gasteiger partial charge in [0.2, 0.25) is 0 Å². The predicted octanol–water partition coefficient (Wildman–Crippen LogP) is 15.8. The number of rotatable bonds is 6. The molecule has 6 aromatic carbocycles. The third-order valence-corrected chi connectivity index (χ3v) is 14.1. The van der Waals surface area contributed by atoms with E-state index in [1.165, 1.54) is 32.7 Å². The Morgan fingerprint density at radius 2 is 1.13 bits per heavy atom. The summed E-state index contributed by atoms with van der Waals surface area (Å²) in [5, 5.41) is 15.4. The van der Waals surface area contributed by atoms with Gasteiger partial charge < -0.3 is 9.13 Å². The molecule has 3 aromatic heterocycles. The normalized spacial score (nSPS) is 16.5. The number of nitrogens with zero attached hydrogens (tertiary/aromatic N) is 6. The lowest BCUT2D eigenvalue weighted by molar-refractivity contribution is 0.591. The van der Waals surface area contributed by atoms with Gasteiger partial charge in [0.05, 0.1) is 45.1 Å². The lowest BCUT2D eigenvalue weighted by atomic mass is 9.86. The van der Waals surface area contributed by atoms with Crippen LogP contribution in [0.2, 0.25) is 0 Å². The first-order valence-corrected chi connectivity index (χ1v) is 24.0. The Labute approximate surface area is 399 Å². The molecule has 2 unspecified atom stereocenters. The zero-order chi connectivity index (χ0) is 47.1. The molecular formula is C62H56N6. The average molecular weight is 885 g/mol. The third kappa shape index (κ3) is 7.38. The summed E-state index contributed by atoms with van der Waals surface area (Å²) in [6.07, 6.45) is 15.0. The summed E-state index contributed by atoms with van der Waals surface area (Å²) in [6.45, 7) is 18.1. The van der Waals surface area contributed by atoms with Crippen molar-refractivity contribution in [2.75, 3.05) is 0 Å². The van der Waals surface area contributed by atoms with Crippen LogP contribution >= 0.6 is 0 Å². The molecule has 0 aliphatic heterocycles. The van der Waals surface area contributed by atoms with Gasteiger partial charge in [-0.2, -0.15) is 5.26 Å². The SMILES string of the molecule is CC1C=CC(c2nc(C3=CC=CCC3C)nc(-c3ccc(-n4c5ccccc5c5cc(C(C)(C)C)ccc54)c(-c4cc(C#N)ccc4-n4c5ccccc5c5cc(C(C)(C)C)ccc54)c3)n2)=CC1. The maximum atomic E-state index is 10.7. The third-order valence-electron chi connectivity index (χ3n) is 14.1. The van der Waals surface area contributed by atoms with E-state index in [-0.39, 0.29) is 16.7 Å². The van der Waals surface area contributed by atoms with Crippen LogP contribution in [0, 0.1) is 23.2 Å². The fourth-order valence-corrected chi connectivity index (χ4v) is 10.2. The highest BCUT2D eigenvalue weighted by Gasteiger charge is 2.26. The summed E-state index contributed by atoms with van der Waals surface area (Å²) in [6, 6.07) is 46.5. The highest BCUT2D eigenvalue weighted by atomic mass is 15.0. The summed E-state index contributed by atoms with van der Waals surface area (Å²) in [5.74, 6) is 2.69. The molecule has 0 saturated heterocycles. The van der Waals surface area contributed by atoms with Crippen molar-refractivity contribution in [1.82, 2.24) is 24.1 Å². The van der Waals surface area contributed by atoms with Crippen molar-refractivity contribution in [1.29, 1.82) is 5.26 Å². The van der Waals surface area contributed by atoms with Crippen molar-refractivity contribution in [2.24, 2.45) is 11.8 Å². The highest BCUT2D eigenvalue weighted by Crippen LogP contribution is 2.44. The Balaban J connectivity index is 1.24. The Bertz CT molecular complexity index is 3700. The smallest absolute Gasteiger partial charge is 0.164 e. The molecule has 0 saturated carbocycles. The summed E-state index contributed by atoms with van der Waals surface area (Å²) < 4.78 is 4.79. The van der Waals surface area contributed by atoms with E-state index in [0.29, 0.717) is 29.0 Å². The van der Waals surface area contributed by atoms with E-state index in [0.717, 1.165) is 74.1 Å². The summed E-state index contributed by atoms with van der Waals surface area (Å²) >= 11 is 0. The van der Waals surface area contributed by atoms with Gasteiger partial charge in [-0.25, -0.2) is 15.0 Å². The van der Waals surface area contributed by atoms with Crippen LogP contribution < -0.4 is 0 Å². The topological polar surface area (TPSA) is 72.3 Å². The number of allylic oxidation sites excluding steroid dienone is 8. The number of nitriles is 1. The molecule has 9 aromatic rings. The Hall–Kier alpha value is -7.62. The van der Waals surface area contributed by atoms with Gasteiger partial charge in [0.1, 0.15) is 0 Å². The second kappa shape index (κ2) is 16.3. The molecule has 0 bridgehead atoms. The lowest BCUT2D eigenvalue weighted by Gasteiger charge is -2.21. The molecule has 2 aliphatic rings. The van der Waals surface area contributed by atoms with E-state index in [4.69, 9.17) is 15.0 Å². The van der Waals surface area contributed by atoms with E-state index in [1.54, 1.807) is 0 Å². The van der Waals surface area contributed by atoms with E-state index >= 15 is 0 Å². The van der Waals surface area contributed by atoms with Gasteiger partial charge in [-0.1, -0.05) is 140 Å². The first-order chi connectivity index (χ1) is 32.7. The van der Waals surface area contributed by atoms with Crippen LogP contribution in [0.3, 0.4) is 0 Å². The van der Waals surface area contributed by atoms with Gasteiger partial charge >= 0.3 is 0 Å². The fraction of sp³-hybridized carbons (Fsp3) is 0.226. The molecule has 6 heteroatoms. The van der Waals surface area contributed by atoms with Crippen LogP contribution in [0.15, 0.2) is 158 Å². The number of fused-ring (bicyclic) bond motifs is 6. The second-order valence-corrected chi connectivity index (χ2v) is 21.0. The summed E-state index contributed by atoms with van der Waals surface area (Å²) in [4.78, 5) is 15.8. The van der Waals surface area contributed by atoms with Crippen LogP contribution in [0.4, 0.5) is 0 Å². The largest absolute Gasteiger partial charge is 0.309 e. The molecule has 2 aliphatic carbocycles. The van der Waals surface area contributed by atoms with Crippen LogP contribution in [0.25, 0.3) is 88.6 Å². The first kappa shape index (κ1) is 43.0. The van der Waals surface area contributed by atoms with Gasteiger partial charge in [-0.05, 0) is 119 Å². The minimum Gasteiger partial charge on any atom is -0.309 e. The molecule has 0 radical (unpaired) electrons. The van der Waals surface area contributed by atoms with Crippen molar-refractivity contribution in [3.05, 3.63) is 186 Å². The summed E-state index contributed by atoms with van der Waals surface area (Å²) in [5.41, 5.74) is 14.3. The Morgan fingerprint density at radius 3 is 1.71 bits per heavy atom. The highest BCUT2D eigenvalue weighted by molar-refractivity contribution is 6.12. The average Bonchev–Trinajstić information content (AvgIpc) is 3.85. The quantitative estimate of drug-likeness (QED) is 0.167. The maximum Gasteiger partial charge on any atom is 0.164 e. The predicted molar refractivity (Wildman–Crippen MR) is 283 cm³/mol. The standard InChI is InChI=1S/C62H56N6/c1-38-21-24-41(25-22-38)58-64-59(66-60(65-58)45-16-10-9-15-39(45)2)42-26-30-55(68-53-20-14-12-18-47(53)51-36-44(62(6,7)8)28-32-57(51)68)49(34-42)48-33-40(37-63)23-29-54(48)67-52-19-13-11-17-46(52)50-35-43(61(3,4)5)27-31-56(50)67/h9-14,16-21,23-36,38-39H,15,22H2,1-8H3. The molecule has 11 rings (SSSR count). The van der Waals surface area contributed by atoms with Gasteiger partial charge in [-0.15, -0.1) is 0 Å². The minimum absolute atomic E-state index is 0.0262. The summed E-state index contributed by atoms with van der Waals surface area (Å²) in [7, 11) is 0. The first-order valence-electron chi connectivity index (χ1n) is 24.0. The van der Waals surface area contributed by atoms with Crippen LogP contribution in [-0.2, 0) is 10.8 Å². The van der Waals surface area contributed by atoms with Gasteiger partial charge in [0.15, 0.2) is 17.5 Å². The molecule has 0 N–H and O–H groups in total. The number of hydrogen-bond donors (Lipinski definition) is 0. The van der Waals surface area contributed by atoms with Crippen molar-refractivity contribution in [2.45, 2.75) is 79.1 Å². The molecule has 0 fully saturated rings. The van der Waals surface area contributed by atoms with Crippen LogP contribution in [0.1, 0.15) is 96.6 Å². The minimum atomic E-state index is -0.0293. The van der Waals surface area contributed by atoms with E-state index in [9.17, 15) is 5.26 Å². The number of para-hydroxylation sites is 2. The van der Waals surface area contributed by atoms with E-state index in [1.807, 2.05) is 6.07 Å². The number of benzene rings is 6. The van der Waals surface area contributed by atoms with E-state index in [2.05, 4.69) is 222 Å². The van der Waals surface area contributed by atoms with E-state index < -0.39 is 0 Å². The molecule has 6 nitrogen and oxygen atoms in total. The lowest BCUT2D eigenvalue weighted by Crippen LogP contribution is -2.11. The Morgan fingerprint density at radius 1 is 0.574 bits per heavy atom. The monoisotopic (exact) mass is 884 g/mol. The van der Waals surface area contributed by atoms with Crippen LogP contribution in [0.5, 0.6) is 0 Å². The Kier molecular flexibility index (Phi) is 10.3. The second-order valence-electron chi connectivity index (χ2n) is 21.0. The van der Waals surface area contributed by atoms with Crippen molar-refractivity contribution in [3.8, 4) is 40.0 Å². The molecular weight excluding hydrogens is 829 g/mol. The fourth-order valence-electron chi connectivity index (χ4n) is 10.2. The van der Waals surface area contributed by atoms with Crippen LogP contribution in [-0.4, -0.2) is 24.1 Å². The molecule has 334 valence electrons. The van der Waals surface area contributed by atoms with Crippen molar-refractivity contribution < 1.29 is 0 Å². The molecule has 68 heavy (non-hydrogen) atoms. The number of aromatic nitrogens is 5. The number of hydrogen-bond acceptors (Lipinski definition) is 4. The van der Waals surface area contributed by atoms with Crippen molar-refractivity contribution >= 4 is 54.8 Å². The molecule has 0 amide bonds. The van der Waals surface area contributed by atoms with Gasteiger partial charge in [0, 0.05) is 49.4 Å². The van der Waals surface area contributed by atoms with Crippen molar-refractivity contribution in [3.63, 3.8) is 0 Å². The zero-order valence-electron chi connectivity index (χ0n) is 40.3. The maximum absolute atomic E-state index is 10.7. The van der Waals surface area contributed by atoms with Gasteiger partial charge in [-0.3, -0.25) is 0 Å². The molecule has 2 atom stereocenters.